The van der Waals surface area contributed by atoms with Gasteiger partial charge < -0.3 is 5.73 Å². The Morgan fingerprint density at radius 3 is 2.92 bits per heavy atom. The molecule has 0 aromatic carbocycles. The molecule has 0 amide bonds. The van der Waals surface area contributed by atoms with E-state index in [1.54, 1.807) is 11.8 Å². The first-order valence-electron chi connectivity index (χ1n) is 3.88. The van der Waals surface area contributed by atoms with Gasteiger partial charge in [-0.3, -0.25) is 5.32 Å². The fraction of sp³-hybridized carbons (Fsp3) is 1.00. The highest BCUT2D eigenvalue weighted by atomic mass is 32.2. The highest BCUT2D eigenvalue weighted by Crippen LogP contribution is 2.38. The number of sulfone groups is 1. The van der Waals surface area contributed by atoms with Crippen molar-refractivity contribution in [3.8, 4) is 0 Å². The van der Waals surface area contributed by atoms with Crippen molar-refractivity contribution in [3.05, 3.63) is 0 Å². The van der Waals surface area contributed by atoms with Gasteiger partial charge in [-0.05, 0) is 6.92 Å². The zero-order chi connectivity index (χ0) is 8.98. The van der Waals surface area contributed by atoms with Gasteiger partial charge in [0.2, 0.25) is 0 Å². The maximum atomic E-state index is 11.3. The van der Waals surface area contributed by atoms with Crippen molar-refractivity contribution < 1.29 is 14.2 Å². The molecule has 0 aliphatic carbocycles. The standard InChI is InChI=1S/C6H12N2O2S2/c1-6-3-12(9,10)2-4(6)11-5(7)8-6/h4-5,8H,2-3,7H2,1H3/p+1/t4-,5?,6+/m0/s1. The molecule has 12 heavy (non-hydrogen) atoms. The fourth-order valence-corrected chi connectivity index (χ4v) is 6.32. The molecular formula is C6H13N2O2S2+. The van der Waals surface area contributed by atoms with Crippen LogP contribution >= 0.6 is 11.8 Å². The van der Waals surface area contributed by atoms with Gasteiger partial charge in [0.15, 0.2) is 15.3 Å². The van der Waals surface area contributed by atoms with Crippen molar-refractivity contribution in [2.45, 2.75) is 23.2 Å². The average molecular weight is 209 g/mol. The SMILES string of the molecule is C[C@@]12CS(=O)(=O)C[C@@H]1SC([NH3+])N2. The Morgan fingerprint density at radius 1 is 1.67 bits per heavy atom. The lowest BCUT2D eigenvalue weighted by atomic mass is 10.0. The summed E-state index contributed by atoms with van der Waals surface area (Å²) in [4.78, 5) is 0. The minimum Gasteiger partial charge on any atom is -0.334 e. The van der Waals surface area contributed by atoms with Gasteiger partial charge in [0.05, 0.1) is 11.5 Å². The Labute approximate surface area is 76.2 Å². The van der Waals surface area contributed by atoms with E-state index in [2.05, 4.69) is 11.1 Å². The molecule has 2 aliphatic rings. The number of quaternary nitrogens is 1. The Hall–Kier alpha value is 0.220. The molecule has 2 fully saturated rings. The molecule has 2 aliphatic heterocycles. The Morgan fingerprint density at radius 2 is 2.33 bits per heavy atom. The van der Waals surface area contributed by atoms with Crippen LogP contribution in [-0.2, 0) is 9.84 Å². The normalized spacial score (nSPS) is 50.8. The molecule has 70 valence electrons. The molecule has 2 heterocycles. The maximum Gasteiger partial charge on any atom is 0.187 e. The van der Waals surface area contributed by atoms with Gasteiger partial charge in [-0.25, -0.2) is 8.42 Å². The molecule has 1 unspecified atom stereocenters. The highest BCUT2D eigenvalue weighted by molar-refractivity contribution is 8.02. The van der Waals surface area contributed by atoms with E-state index in [0.717, 1.165) is 0 Å². The van der Waals surface area contributed by atoms with Gasteiger partial charge in [-0.15, -0.1) is 0 Å². The number of hydrogen-bond donors (Lipinski definition) is 2. The molecule has 0 radical (unpaired) electrons. The van der Waals surface area contributed by atoms with Crippen molar-refractivity contribution in [1.82, 2.24) is 5.32 Å². The van der Waals surface area contributed by atoms with Crippen LogP contribution in [0.5, 0.6) is 0 Å². The lowest BCUT2D eigenvalue weighted by Gasteiger charge is -2.19. The molecule has 6 heteroatoms. The number of nitrogens with one attached hydrogen (secondary N) is 1. The minimum atomic E-state index is -2.80. The molecule has 2 rings (SSSR count). The summed E-state index contributed by atoms with van der Waals surface area (Å²) in [5.74, 6) is 0.580. The fourth-order valence-electron chi connectivity index (χ4n) is 1.95. The van der Waals surface area contributed by atoms with Crippen molar-refractivity contribution >= 4 is 21.6 Å². The third-order valence-electron chi connectivity index (χ3n) is 2.45. The topological polar surface area (TPSA) is 73.8 Å². The zero-order valence-corrected chi connectivity index (χ0v) is 8.54. The van der Waals surface area contributed by atoms with Crippen molar-refractivity contribution in [1.29, 1.82) is 0 Å². The second-order valence-corrected chi connectivity index (χ2v) is 7.25. The van der Waals surface area contributed by atoms with E-state index in [9.17, 15) is 8.42 Å². The van der Waals surface area contributed by atoms with Crippen LogP contribution in [0.3, 0.4) is 0 Å². The quantitative estimate of drug-likeness (QED) is 0.504. The van der Waals surface area contributed by atoms with E-state index < -0.39 is 9.84 Å². The Balaban J connectivity index is 2.28. The molecule has 4 nitrogen and oxygen atoms in total. The summed E-state index contributed by atoms with van der Waals surface area (Å²) in [5.41, 5.74) is 3.79. The highest BCUT2D eigenvalue weighted by Gasteiger charge is 2.53. The first kappa shape index (κ1) is 8.80. The number of thioether (sulfide) groups is 1. The molecule has 0 saturated carbocycles. The summed E-state index contributed by atoms with van der Waals surface area (Å²) >= 11 is 1.64. The summed E-state index contributed by atoms with van der Waals surface area (Å²) in [6.07, 6.45) is 0. The summed E-state index contributed by atoms with van der Waals surface area (Å²) < 4.78 is 22.6. The lowest BCUT2D eigenvalue weighted by Crippen LogP contribution is -2.67. The smallest absolute Gasteiger partial charge is 0.187 e. The van der Waals surface area contributed by atoms with Crippen LogP contribution < -0.4 is 11.1 Å². The van der Waals surface area contributed by atoms with Gasteiger partial charge in [-0.1, -0.05) is 11.8 Å². The van der Waals surface area contributed by atoms with Crippen LogP contribution in [0.15, 0.2) is 0 Å². The van der Waals surface area contributed by atoms with E-state index in [0.29, 0.717) is 5.75 Å². The van der Waals surface area contributed by atoms with Crippen molar-refractivity contribution in [3.63, 3.8) is 0 Å². The van der Waals surface area contributed by atoms with Crippen LogP contribution in [0.25, 0.3) is 0 Å². The van der Waals surface area contributed by atoms with Crippen LogP contribution in [-0.4, -0.2) is 36.2 Å². The molecule has 0 aromatic heterocycles. The van der Waals surface area contributed by atoms with Gasteiger partial charge in [0.25, 0.3) is 0 Å². The first-order valence-corrected chi connectivity index (χ1v) is 6.64. The van der Waals surface area contributed by atoms with Gasteiger partial charge in [0, 0.05) is 10.8 Å². The summed E-state index contributed by atoms with van der Waals surface area (Å²) in [6, 6.07) is 0. The largest absolute Gasteiger partial charge is 0.334 e. The third-order valence-corrected chi connectivity index (χ3v) is 6.01. The molecule has 3 atom stereocenters. The molecular weight excluding hydrogens is 196 g/mol. The van der Waals surface area contributed by atoms with E-state index in [1.807, 2.05) is 6.92 Å². The van der Waals surface area contributed by atoms with Gasteiger partial charge in [-0.2, -0.15) is 0 Å². The van der Waals surface area contributed by atoms with Crippen LogP contribution in [0.1, 0.15) is 6.92 Å². The Kier molecular flexibility index (Phi) is 1.74. The number of rotatable bonds is 0. The summed E-state index contributed by atoms with van der Waals surface area (Å²) in [6.45, 7) is 1.97. The minimum absolute atomic E-state index is 0.149. The van der Waals surface area contributed by atoms with Crippen molar-refractivity contribution in [2.75, 3.05) is 11.5 Å². The van der Waals surface area contributed by atoms with Crippen LogP contribution in [0, 0.1) is 0 Å². The van der Waals surface area contributed by atoms with Crippen LogP contribution in [0.4, 0.5) is 0 Å². The maximum absolute atomic E-state index is 11.3. The van der Waals surface area contributed by atoms with Crippen LogP contribution in [0.2, 0.25) is 0 Å². The average Bonchev–Trinajstić information content (AvgIpc) is 2.11. The van der Waals surface area contributed by atoms with Gasteiger partial charge in [0.1, 0.15) is 0 Å². The predicted octanol–water partition coefficient (Wildman–Crippen LogP) is -1.60. The molecule has 0 spiro atoms. The molecule has 0 bridgehead atoms. The zero-order valence-electron chi connectivity index (χ0n) is 6.91. The third kappa shape index (κ3) is 1.26. The van der Waals surface area contributed by atoms with E-state index in [4.69, 9.17) is 0 Å². The Bertz CT molecular complexity index is 303. The molecule has 4 N–H and O–H groups in total. The second kappa shape index (κ2) is 2.37. The molecule has 0 aromatic rings. The van der Waals surface area contributed by atoms with E-state index in [1.165, 1.54) is 0 Å². The monoisotopic (exact) mass is 209 g/mol. The summed E-state index contributed by atoms with van der Waals surface area (Å²) in [5, 5.41) is 3.42. The van der Waals surface area contributed by atoms with E-state index >= 15 is 0 Å². The lowest BCUT2D eigenvalue weighted by molar-refractivity contribution is -0.394. The first-order chi connectivity index (χ1) is 5.41. The van der Waals surface area contributed by atoms with E-state index in [-0.39, 0.29) is 22.0 Å². The summed E-state index contributed by atoms with van der Waals surface area (Å²) in [7, 11) is -2.80. The predicted molar refractivity (Wildman–Crippen MR) is 48.2 cm³/mol. The number of fused-ring (bicyclic) bond motifs is 1. The second-order valence-electron chi connectivity index (χ2n) is 3.73. The number of hydrogen-bond acceptors (Lipinski definition) is 4. The van der Waals surface area contributed by atoms with Crippen molar-refractivity contribution in [2.24, 2.45) is 0 Å². The van der Waals surface area contributed by atoms with Gasteiger partial charge >= 0.3 is 0 Å². The molecule has 2 saturated heterocycles.